The molecule has 1 fully saturated rings. The lowest BCUT2D eigenvalue weighted by Crippen LogP contribution is -2.37. The summed E-state index contributed by atoms with van der Waals surface area (Å²) in [6.45, 7) is 2.17. The molecule has 1 saturated carbocycles. The van der Waals surface area contributed by atoms with Gasteiger partial charge in [0.1, 0.15) is 0 Å². The van der Waals surface area contributed by atoms with Crippen LogP contribution < -0.4 is 5.32 Å². The van der Waals surface area contributed by atoms with Gasteiger partial charge < -0.3 is 5.32 Å². The molecule has 0 aliphatic heterocycles. The third kappa shape index (κ3) is 7.07. The molecule has 18 heavy (non-hydrogen) atoms. The highest BCUT2D eigenvalue weighted by molar-refractivity contribution is 4.99. The highest BCUT2D eigenvalue weighted by atomic mass is 14.9. The molecular formula is C17H31N. The average Bonchev–Trinajstić information content (AvgIpc) is 2.38. The van der Waals surface area contributed by atoms with E-state index in [0.29, 0.717) is 6.04 Å². The van der Waals surface area contributed by atoms with Crippen LogP contribution in [0.4, 0.5) is 0 Å². The lowest BCUT2D eigenvalue weighted by atomic mass is 9.97. The minimum Gasteiger partial charge on any atom is -0.301 e. The molecule has 0 heterocycles. The Balaban J connectivity index is 2.34. The molecule has 104 valence electrons. The molecule has 1 unspecified atom stereocenters. The first kappa shape index (κ1) is 15.6. The van der Waals surface area contributed by atoms with E-state index in [9.17, 15) is 0 Å². The lowest BCUT2D eigenvalue weighted by molar-refractivity contribution is 0.384. The van der Waals surface area contributed by atoms with Gasteiger partial charge in [-0.3, -0.25) is 0 Å². The van der Waals surface area contributed by atoms with Gasteiger partial charge in [0, 0.05) is 6.04 Å². The molecule has 0 aromatic rings. The maximum absolute atomic E-state index is 5.56. The number of hydrogen-bond acceptors (Lipinski definition) is 1. The molecule has 0 saturated heterocycles. The van der Waals surface area contributed by atoms with Crippen LogP contribution in [0.1, 0.15) is 84.0 Å². The maximum atomic E-state index is 5.56. The van der Waals surface area contributed by atoms with E-state index in [0.717, 1.165) is 6.42 Å². The van der Waals surface area contributed by atoms with Gasteiger partial charge in [-0.2, -0.15) is 0 Å². The molecule has 1 nitrogen and oxygen atoms in total. The van der Waals surface area contributed by atoms with Crippen molar-refractivity contribution < 1.29 is 0 Å². The van der Waals surface area contributed by atoms with E-state index in [2.05, 4.69) is 18.2 Å². The smallest absolute Gasteiger partial charge is 0.0686 e. The van der Waals surface area contributed by atoms with E-state index in [1.807, 2.05) is 0 Å². The van der Waals surface area contributed by atoms with Crippen molar-refractivity contribution in [2.45, 2.75) is 96.1 Å². The Morgan fingerprint density at radius 3 is 1.78 bits per heavy atom. The first-order chi connectivity index (χ1) is 8.86. The largest absolute Gasteiger partial charge is 0.301 e. The maximum Gasteiger partial charge on any atom is 0.0686 e. The molecule has 0 radical (unpaired) electrons. The van der Waals surface area contributed by atoms with Gasteiger partial charge in [-0.05, 0) is 19.3 Å². The zero-order valence-electron chi connectivity index (χ0n) is 12.2. The van der Waals surface area contributed by atoms with E-state index < -0.39 is 0 Å². The molecule has 1 atom stereocenters. The van der Waals surface area contributed by atoms with Crippen molar-refractivity contribution in [3.05, 3.63) is 0 Å². The van der Waals surface area contributed by atoms with E-state index >= 15 is 0 Å². The fourth-order valence-corrected chi connectivity index (χ4v) is 2.90. The summed E-state index contributed by atoms with van der Waals surface area (Å²) in [5.74, 6) is 2.87. The molecule has 0 aromatic carbocycles. The first-order valence-electron chi connectivity index (χ1n) is 8.09. The highest BCUT2D eigenvalue weighted by Crippen LogP contribution is 2.17. The Morgan fingerprint density at radius 2 is 1.39 bits per heavy atom. The van der Waals surface area contributed by atoms with E-state index in [1.54, 1.807) is 0 Å². The van der Waals surface area contributed by atoms with Crippen molar-refractivity contribution in [1.82, 2.24) is 5.32 Å². The molecule has 0 amide bonds. The van der Waals surface area contributed by atoms with Crippen molar-refractivity contribution in [1.29, 1.82) is 0 Å². The van der Waals surface area contributed by atoms with Gasteiger partial charge in [-0.25, -0.2) is 0 Å². The molecule has 1 aliphatic carbocycles. The topological polar surface area (TPSA) is 12.0 Å². The van der Waals surface area contributed by atoms with Crippen molar-refractivity contribution in [2.75, 3.05) is 0 Å². The van der Waals surface area contributed by atoms with Gasteiger partial charge in [0.25, 0.3) is 0 Å². The van der Waals surface area contributed by atoms with Crippen LogP contribution in [-0.2, 0) is 0 Å². The summed E-state index contributed by atoms with van der Waals surface area (Å²) in [7, 11) is 0. The van der Waals surface area contributed by atoms with Gasteiger partial charge >= 0.3 is 0 Å². The number of hydrogen-bond donors (Lipinski definition) is 1. The molecule has 1 aliphatic rings. The predicted molar refractivity (Wildman–Crippen MR) is 80.6 cm³/mol. The fraction of sp³-hybridized carbons (Fsp3) is 0.882. The third-order valence-corrected chi connectivity index (χ3v) is 4.15. The SMILES string of the molecule is C#CC(CC)NC1CCCCCCCCCCC1. The Bertz CT molecular complexity index is 216. The van der Waals surface area contributed by atoms with Crippen LogP contribution in [0.3, 0.4) is 0 Å². The summed E-state index contributed by atoms with van der Waals surface area (Å²) in [6.07, 6.45) is 22.0. The Morgan fingerprint density at radius 1 is 0.944 bits per heavy atom. The Labute approximate surface area is 114 Å². The number of nitrogens with one attached hydrogen (secondary N) is 1. The molecule has 0 bridgehead atoms. The Hall–Kier alpha value is -0.480. The molecule has 1 heteroatoms. The zero-order chi connectivity index (χ0) is 13.1. The summed E-state index contributed by atoms with van der Waals surface area (Å²) in [4.78, 5) is 0. The van der Waals surface area contributed by atoms with Crippen molar-refractivity contribution in [3.63, 3.8) is 0 Å². The summed E-state index contributed by atoms with van der Waals surface area (Å²) in [5, 5.41) is 3.67. The average molecular weight is 249 g/mol. The molecule has 0 aromatic heterocycles. The second kappa shape index (κ2) is 10.4. The summed E-state index contributed by atoms with van der Waals surface area (Å²) < 4.78 is 0. The quantitative estimate of drug-likeness (QED) is 0.717. The molecular weight excluding hydrogens is 218 g/mol. The van der Waals surface area contributed by atoms with Crippen molar-refractivity contribution in [3.8, 4) is 12.3 Å². The third-order valence-electron chi connectivity index (χ3n) is 4.15. The molecule has 0 spiro atoms. The minimum absolute atomic E-state index is 0.280. The van der Waals surface area contributed by atoms with Gasteiger partial charge in [0.2, 0.25) is 0 Å². The van der Waals surface area contributed by atoms with E-state index in [1.165, 1.54) is 70.6 Å². The summed E-state index contributed by atoms with van der Waals surface area (Å²) in [5.41, 5.74) is 0. The second-order valence-electron chi connectivity index (χ2n) is 5.75. The van der Waals surface area contributed by atoms with Crippen LogP contribution in [0.15, 0.2) is 0 Å². The minimum atomic E-state index is 0.280. The summed E-state index contributed by atoms with van der Waals surface area (Å²) >= 11 is 0. The van der Waals surface area contributed by atoms with Crippen LogP contribution in [0.25, 0.3) is 0 Å². The van der Waals surface area contributed by atoms with Gasteiger partial charge in [-0.1, -0.05) is 70.6 Å². The van der Waals surface area contributed by atoms with Crippen molar-refractivity contribution in [2.24, 2.45) is 0 Å². The van der Waals surface area contributed by atoms with Crippen LogP contribution in [0.5, 0.6) is 0 Å². The Kier molecular flexibility index (Phi) is 9.04. The van der Waals surface area contributed by atoms with Crippen molar-refractivity contribution >= 4 is 0 Å². The standard InChI is InChI=1S/C17H31N/c1-3-16(4-2)18-17-14-12-10-8-6-5-7-9-11-13-15-17/h1,16-18H,4-15H2,2H3. The number of rotatable bonds is 3. The predicted octanol–water partition coefficient (Wildman–Crippen LogP) is 4.66. The second-order valence-corrected chi connectivity index (χ2v) is 5.75. The number of terminal acetylenes is 1. The monoisotopic (exact) mass is 249 g/mol. The fourth-order valence-electron chi connectivity index (χ4n) is 2.90. The molecule has 1 rings (SSSR count). The van der Waals surface area contributed by atoms with Crippen LogP contribution in [-0.4, -0.2) is 12.1 Å². The van der Waals surface area contributed by atoms with Gasteiger partial charge in [-0.15, -0.1) is 6.42 Å². The van der Waals surface area contributed by atoms with Gasteiger partial charge in [0.15, 0.2) is 0 Å². The first-order valence-corrected chi connectivity index (χ1v) is 8.09. The van der Waals surface area contributed by atoms with Gasteiger partial charge in [0.05, 0.1) is 6.04 Å². The zero-order valence-corrected chi connectivity index (χ0v) is 12.2. The van der Waals surface area contributed by atoms with Crippen LogP contribution in [0.2, 0.25) is 0 Å². The molecule has 1 N–H and O–H groups in total. The highest BCUT2D eigenvalue weighted by Gasteiger charge is 2.12. The summed E-state index contributed by atoms with van der Waals surface area (Å²) in [6, 6.07) is 0.938. The lowest BCUT2D eigenvalue weighted by Gasteiger charge is -2.22. The normalized spacial score (nSPS) is 22.4. The van der Waals surface area contributed by atoms with Crippen LogP contribution >= 0.6 is 0 Å². The van der Waals surface area contributed by atoms with E-state index in [4.69, 9.17) is 6.42 Å². The van der Waals surface area contributed by atoms with Crippen LogP contribution in [0, 0.1) is 12.3 Å². The van der Waals surface area contributed by atoms with E-state index in [-0.39, 0.29) is 6.04 Å².